The molecule has 1 aromatic carbocycles. The van der Waals surface area contributed by atoms with Crippen molar-refractivity contribution in [2.75, 3.05) is 23.1 Å². The highest BCUT2D eigenvalue weighted by molar-refractivity contribution is 5.94. The molecule has 2 unspecified atom stereocenters. The number of methoxy groups -OCH3 is 1. The quantitative estimate of drug-likeness (QED) is 0.593. The summed E-state index contributed by atoms with van der Waals surface area (Å²) in [5.41, 5.74) is 1.77. The number of anilines is 4. The largest absolute Gasteiger partial charge is 0.378 e. The molecule has 4 bridgehead atoms. The predicted molar refractivity (Wildman–Crippen MR) is 124 cm³/mol. The second-order valence-electron chi connectivity index (χ2n) is 10.3. The number of aromatic nitrogens is 2. The first kappa shape index (κ1) is 20.0. The van der Waals surface area contributed by atoms with Crippen LogP contribution >= 0.6 is 0 Å². The Morgan fingerprint density at radius 1 is 1.09 bits per heavy atom. The SMILES string of the molecule is COC12CC3CC(C1)C(Nc1ccnc(Nc4cccc(NC(=O)C5CC5)c4)n1)C(C3)C2. The Labute approximate surface area is 188 Å². The number of hydrogen-bond donors (Lipinski definition) is 3. The molecule has 5 fully saturated rings. The number of benzene rings is 1. The van der Waals surface area contributed by atoms with Crippen LogP contribution in [0.5, 0.6) is 0 Å². The number of carbonyl (C=O) groups excluding carboxylic acids is 1. The van der Waals surface area contributed by atoms with Gasteiger partial charge in [-0.1, -0.05) is 6.07 Å². The highest BCUT2D eigenvalue weighted by atomic mass is 16.5. The lowest BCUT2D eigenvalue weighted by atomic mass is 9.52. The summed E-state index contributed by atoms with van der Waals surface area (Å²) in [7, 11) is 1.89. The summed E-state index contributed by atoms with van der Waals surface area (Å²) in [6, 6.07) is 10.1. The van der Waals surface area contributed by atoms with Gasteiger partial charge in [0.15, 0.2) is 0 Å². The fraction of sp³-hybridized carbons (Fsp3) is 0.560. The number of nitrogens with one attached hydrogen (secondary N) is 3. The van der Waals surface area contributed by atoms with Gasteiger partial charge in [0.05, 0.1) is 5.60 Å². The number of carbonyl (C=O) groups is 1. The van der Waals surface area contributed by atoms with Gasteiger partial charge in [0.2, 0.25) is 11.9 Å². The van der Waals surface area contributed by atoms with Crippen LogP contribution in [0, 0.1) is 23.7 Å². The van der Waals surface area contributed by atoms with E-state index in [1.54, 1.807) is 6.20 Å². The maximum absolute atomic E-state index is 12.1. The minimum Gasteiger partial charge on any atom is -0.378 e. The lowest BCUT2D eigenvalue weighted by Crippen LogP contribution is -2.59. The summed E-state index contributed by atoms with van der Waals surface area (Å²) in [5.74, 6) is 3.83. The second-order valence-corrected chi connectivity index (χ2v) is 10.3. The Kier molecular flexibility index (Phi) is 4.82. The first-order valence-corrected chi connectivity index (χ1v) is 11.9. The first-order valence-electron chi connectivity index (χ1n) is 11.9. The normalized spacial score (nSPS) is 32.5. The van der Waals surface area contributed by atoms with Crippen molar-refractivity contribution in [2.24, 2.45) is 23.7 Å². The molecular weight excluding hydrogens is 402 g/mol. The minimum atomic E-state index is 0.107. The molecule has 1 heterocycles. The molecule has 1 aromatic heterocycles. The summed E-state index contributed by atoms with van der Waals surface area (Å²) >= 11 is 0. The van der Waals surface area contributed by atoms with Crippen molar-refractivity contribution in [3.8, 4) is 0 Å². The zero-order chi connectivity index (χ0) is 21.7. The molecule has 2 atom stereocenters. The van der Waals surface area contributed by atoms with Gasteiger partial charge in [-0.3, -0.25) is 4.79 Å². The van der Waals surface area contributed by atoms with E-state index >= 15 is 0 Å². The van der Waals surface area contributed by atoms with Crippen LogP contribution < -0.4 is 16.0 Å². The maximum atomic E-state index is 12.1. The number of ether oxygens (including phenoxy) is 1. The highest BCUT2D eigenvalue weighted by Gasteiger charge is 2.55. The fourth-order valence-electron chi connectivity index (χ4n) is 6.50. The molecule has 0 radical (unpaired) electrons. The van der Waals surface area contributed by atoms with Crippen molar-refractivity contribution in [2.45, 2.75) is 56.6 Å². The summed E-state index contributed by atoms with van der Waals surface area (Å²) < 4.78 is 5.99. The van der Waals surface area contributed by atoms with E-state index in [9.17, 15) is 4.79 Å². The summed E-state index contributed by atoms with van der Waals surface area (Å²) in [6.45, 7) is 0. The predicted octanol–water partition coefficient (Wildman–Crippen LogP) is 4.57. The van der Waals surface area contributed by atoms with Crippen LogP contribution in [0.25, 0.3) is 0 Å². The Morgan fingerprint density at radius 3 is 2.62 bits per heavy atom. The van der Waals surface area contributed by atoms with E-state index in [4.69, 9.17) is 9.72 Å². The van der Waals surface area contributed by atoms with Crippen molar-refractivity contribution in [1.82, 2.24) is 9.97 Å². The van der Waals surface area contributed by atoms with Crippen LogP contribution in [0.1, 0.15) is 44.9 Å². The highest BCUT2D eigenvalue weighted by Crippen LogP contribution is 2.57. The summed E-state index contributed by atoms with van der Waals surface area (Å²) in [6.07, 6.45) is 9.94. The lowest BCUT2D eigenvalue weighted by Gasteiger charge is -2.59. The molecule has 1 amide bonds. The van der Waals surface area contributed by atoms with Gasteiger partial charge in [-0.2, -0.15) is 4.98 Å². The molecule has 3 N–H and O–H groups in total. The van der Waals surface area contributed by atoms with E-state index in [2.05, 4.69) is 20.9 Å². The van der Waals surface area contributed by atoms with Gasteiger partial charge in [-0.05, 0) is 87.0 Å². The molecule has 32 heavy (non-hydrogen) atoms. The average molecular weight is 434 g/mol. The zero-order valence-electron chi connectivity index (χ0n) is 18.5. The number of hydrogen-bond acceptors (Lipinski definition) is 6. The Balaban J connectivity index is 1.14. The zero-order valence-corrected chi connectivity index (χ0v) is 18.5. The fourth-order valence-corrected chi connectivity index (χ4v) is 6.50. The molecule has 5 aliphatic carbocycles. The molecule has 7 nitrogen and oxygen atoms in total. The van der Waals surface area contributed by atoms with E-state index in [1.807, 2.05) is 37.4 Å². The second kappa shape index (κ2) is 7.73. The molecule has 0 aliphatic heterocycles. The molecule has 2 aromatic rings. The number of nitrogens with zero attached hydrogens (tertiary/aromatic N) is 2. The van der Waals surface area contributed by atoms with E-state index < -0.39 is 0 Å². The lowest BCUT2D eigenvalue weighted by molar-refractivity contribution is -0.149. The van der Waals surface area contributed by atoms with Gasteiger partial charge in [-0.15, -0.1) is 0 Å². The van der Waals surface area contributed by atoms with Crippen LogP contribution in [0.3, 0.4) is 0 Å². The Hall–Kier alpha value is -2.67. The first-order chi connectivity index (χ1) is 15.6. The summed E-state index contributed by atoms with van der Waals surface area (Å²) in [5, 5.41) is 10.0. The van der Waals surface area contributed by atoms with Gasteiger partial charge < -0.3 is 20.7 Å². The van der Waals surface area contributed by atoms with Crippen LogP contribution in [0.15, 0.2) is 36.5 Å². The van der Waals surface area contributed by atoms with Crippen LogP contribution in [0.2, 0.25) is 0 Å². The van der Waals surface area contributed by atoms with Crippen molar-refractivity contribution >= 4 is 29.0 Å². The van der Waals surface area contributed by atoms with Crippen LogP contribution in [-0.2, 0) is 9.53 Å². The maximum Gasteiger partial charge on any atom is 0.229 e. The van der Waals surface area contributed by atoms with Gasteiger partial charge >= 0.3 is 0 Å². The van der Waals surface area contributed by atoms with Gasteiger partial charge in [0, 0.05) is 36.6 Å². The van der Waals surface area contributed by atoms with Gasteiger partial charge in [0.1, 0.15) is 5.82 Å². The molecule has 5 saturated carbocycles. The molecule has 0 spiro atoms. The van der Waals surface area contributed by atoms with E-state index in [0.29, 0.717) is 23.8 Å². The molecule has 0 saturated heterocycles. The number of rotatable bonds is 7. The molecule has 168 valence electrons. The van der Waals surface area contributed by atoms with Crippen LogP contribution in [0.4, 0.5) is 23.1 Å². The molecule has 7 rings (SSSR count). The summed E-state index contributed by atoms with van der Waals surface area (Å²) in [4.78, 5) is 21.2. The minimum absolute atomic E-state index is 0.107. The Morgan fingerprint density at radius 2 is 1.88 bits per heavy atom. The monoisotopic (exact) mass is 433 g/mol. The third kappa shape index (κ3) is 3.83. The molecular formula is C25H31N5O2. The third-order valence-electron chi connectivity index (χ3n) is 7.95. The standard InChI is InChI=1S/C25H31N5O2/c1-32-25-12-15-9-17(13-25)22(18(10-15)14-25)29-21-7-8-26-24(30-21)28-20-4-2-3-19(11-20)27-23(31)16-5-6-16/h2-4,7-8,11,15-18,22H,5-6,9-10,12-14H2,1H3,(H,27,31)(H2,26,28,29,30). The number of amides is 1. The van der Waals surface area contributed by atoms with Crippen molar-refractivity contribution in [3.63, 3.8) is 0 Å². The van der Waals surface area contributed by atoms with Crippen LogP contribution in [-0.4, -0.2) is 34.6 Å². The van der Waals surface area contributed by atoms with Crippen molar-refractivity contribution in [1.29, 1.82) is 0 Å². The van der Waals surface area contributed by atoms with E-state index in [-0.39, 0.29) is 17.4 Å². The average Bonchev–Trinajstić information content (AvgIpc) is 3.62. The van der Waals surface area contributed by atoms with Gasteiger partial charge in [0.25, 0.3) is 0 Å². The molecule has 5 aliphatic rings. The molecule has 7 heteroatoms. The van der Waals surface area contributed by atoms with Crippen molar-refractivity contribution in [3.05, 3.63) is 36.5 Å². The topological polar surface area (TPSA) is 88.2 Å². The third-order valence-corrected chi connectivity index (χ3v) is 7.95. The Bertz CT molecular complexity index is 1010. The van der Waals surface area contributed by atoms with E-state index in [1.165, 1.54) is 19.3 Å². The van der Waals surface area contributed by atoms with Crippen molar-refractivity contribution < 1.29 is 9.53 Å². The smallest absolute Gasteiger partial charge is 0.229 e. The van der Waals surface area contributed by atoms with E-state index in [0.717, 1.165) is 48.8 Å². The van der Waals surface area contributed by atoms with Gasteiger partial charge in [-0.25, -0.2) is 4.98 Å².